The van der Waals surface area contributed by atoms with E-state index in [2.05, 4.69) is 25.5 Å². The highest BCUT2D eigenvalue weighted by Crippen LogP contribution is 2.25. The van der Waals surface area contributed by atoms with Crippen LogP contribution < -0.4 is 10.9 Å². The molecule has 1 aliphatic heterocycles. The van der Waals surface area contributed by atoms with E-state index in [4.69, 9.17) is 9.15 Å². The fraction of sp³-hybridized carbons (Fsp3) is 0.316. The number of pyridine rings is 1. The minimum atomic E-state index is -0.644. The van der Waals surface area contributed by atoms with Gasteiger partial charge in [0.05, 0.1) is 13.2 Å². The molecule has 0 radical (unpaired) electrons. The van der Waals surface area contributed by atoms with Crippen LogP contribution in [0.2, 0.25) is 0 Å². The largest absolute Gasteiger partial charge is 0.427 e. The Bertz CT molecular complexity index is 1040. The van der Waals surface area contributed by atoms with Gasteiger partial charge in [-0.3, -0.25) is 14.9 Å². The molecule has 9 nitrogen and oxygen atoms in total. The van der Waals surface area contributed by atoms with Crippen LogP contribution in [0.4, 0.5) is 0 Å². The number of carbonyl (C=O) groups is 1. The van der Waals surface area contributed by atoms with Crippen molar-refractivity contribution in [1.29, 1.82) is 0 Å². The normalized spacial score (nSPS) is 16.2. The number of rotatable bonds is 5. The van der Waals surface area contributed by atoms with Gasteiger partial charge in [0, 0.05) is 30.5 Å². The third-order valence-corrected chi connectivity index (χ3v) is 4.61. The SMILES string of the molecule is Cc1cc(C2CCOC2)oc(=O)c1C(=O)NCc1nc(-c2ccncc2)n[nH]1. The smallest absolute Gasteiger partial charge is 0.349 e. The van der Waals surface area contributed by atoms with Crippen molar-refractivity contribution in [2.75, 3.05) is 13.2 Å². The van der Waals surface area contributed by atoms with Crippen LogP contribution >= 0.6 is 0 Å². The van der Waals surface area contributed by atoms with Crippen LogP contribution in [0.1, 0.15) is 39.8 Å². The number of nitrogens with zero attached hydrogens (tertiary/aromatic N) is 3. The highest BCUT2D eigenvalue weighted by molar-refractivity contribution is 5.95. The Labute approximate surface area is 160 Å². The van der Waals surface area contributed by atoms with Gasteiger partial charge in [0.2, 0.25) is 0 Å². The number of ether oxygens (including phenoxy) is 1. The summed E-state index contributed by atoms with van der Waals surface area (Å²) in [5, 5.41) is 9.58. The minimum Gasteiger partial charge on any atom is -0.427 e. The van der Waals surface area contributed by atoms with Crippen LogP contribution in [0.25, 0.3) is 11.4 Å². The van der Waals surface area contributed by atoms with Gasteiger partial charge in [-0.2, -0.15) is 5.10 Å². The summed E-state index contributed by atoms with van der Waals surface area (Å²) < 4.78 is 10.7. The summed E-state index contributed by atoms with van der Waals surface area (Å²) in [6, 6.07) is 5.32. The van der Waals surface area contributed by atoms with Crippen LogP contribution in [0.15, 0.2) is 39.8 Å². The molecule has 3 aromatic rings. The minimum absolute atomic E-state index is 0.00321. The second-order valence-corrected chi connectivity index (χ2v) is 6.58. The second-order valence-electron chi connectivity index (χ2n) is 6.58. The molecule has 144 valence electrons. The van der Waals surface area contributed by atoms with E-state index in [-0.39, 0.29) is 18.0 Å². The van der Waals surface area contributed by atoms with Gasteiger partial charge in [-0.15, -0.1) is 0 Å². The maximum Gasteiger partial charge on any atom is 0.349 e. The number of amides is 1. The van der Waals surface area contributed by atoms with Gasteiger partial charge in [-0.25, -0.2) is 9.78 Å². The topological polar surface area (TPSA) is 123 Å². The first-order valence-electron chi connectivity index (χ1n) is 8.94. The van der Waals surface area contributed by atoms with Gasteiger partial charge in [0.1, 0.15) is 17.1 Å². The van der Waals surface area contributed by atoms with Crippen molar-refractivity contribution < 1.29 is 13.9 Å². The number of nitrogens with one attached hydrogen (secondary N) is 2. The molecule has 2 N–H and O–H groups in total. The van der Waals surface area contributed by atoms with Crippen LogP contribution in [0, 0.1) is 6.92 Å². The van der Waals surface area contributed by atoms with Gasteiger partial charge in [-0.1, -0.05) is 0 Å². The molecule has 0 spiro atoms. The molecule has 0 aliphatic carbocycles. The Balaban J connectivity index is 1.45. The zero-order valence-electron chi connectivity index (χ0n) is 15.3. The first-order valence-corrected chi connectivity index (χ1v) is 8.94. The molecule has 4 heterocycles. The van der Waals surface area contributed by atoms with Gasteiger partial charge >= 0.3 is 5.63 Å². The lowest BCUT2D eigenvalue weighted by molar-refractivity contribution is 0.0944. The Morgan fingerprint density at radius 1 is 1.36 bits per heavy atom. The van der Waals surface area contributed by atoms with Crippen molar-refractivity contribution in [3.63, 3.8) is 0 Å². The number of hydrogen-bond donors (Lipinski definition) is 2. The molecule has 1 unspecified atom stereocenters. The van der Waals surface area contributed by atoms with E-state index in [9.17, 15) is 9.59 Å². The third kappa shape index (κ3) is 3.70. The van der Waals surface area contributed by atoms with Crippen LogP contribution in [0.3, 0.4) is 0 Å². The molecule has 1 fully saturated rings. The monoisotopic (exact) mass is 381 g/mol. The average molecular weight is 381 g/mol. The lowest BCUT2D eigenvalue weighted by Crippen LogP contribution is -2.29. The van der Waals surface area contributed by atoms with E-state index in [1.165, 1.54) is 0 Å². The van der Waals surface area contributed by atoms with Gasteiger partial charge in [0.25, 0.3) is 5.91 Å². The Kier molecular flexibility index (Phi) is 4.98. The molecule has 1 saturated heterocycles. The van der Waals surface area contributed by atoms with E-state index >= 15 is 0 Å². The molecular formula is C19H19N5O4. The molecule has 1 aliphatic rings. The summed E-state index contributed by atoms with van der Waals surface area (Å²) in [7, 11) is 0. The summed E-state index contributed by atoms with van der Waals surface area (Å²) in [6.45, 7) is 3.00. The zero-order chi connectivity index (χ0) is 19.5. The molecule has 9 heteroatoms. The first kappa shape index (κ1) is 18.1. The molecule has 1 atom stereocenters. The molecule has 28 heavy (non-hydrogen) atoms. The van der Waals surface area contributed by atoms with E-state index in [1.54, 1.807) is 37.5 Å². The third-order valence-electron chi connectivity index (χ3n) is 4.61. The summed E-state index contributed by atoms with van der Waals surface area (Å²) in [6.07, 6.45) is 4.10. The van der Waals surface area contributed by atoms with E-state index in [1.807, 2.05) is 0 Å². The predicted molar refractivity (Wildman–Crippen MR) is 98.7 cm³/mol. The number of hydrogen-bond acceptors (Lipinski definition) is 7. The standard InChI is InChI=1S/C19H19N5O4/c1-11-8-14(13-4-7-27-10-13)28-19(26)16(11)18(25)21-9-15-22-17(24-23-15)12-2-5-20-6-3-12/h2-3,5-6,8,13H,4,7,9-10H2,1H3,(H,21,25)(H,22,23,24). The van der Waals surface area contributed by atoms with E-state index < -0.39 is 11.5 Å². The number of aromatic nitrogens is 4. The molecular weight excluding hydrogens is 362 g/mol. The summed E-state index contributed by atoms with van der Waals surface area (Å²) in [4.78, 5) is 33.1. The molecule has 4 rings (SSSR count). The van der Waals surface area contributed by atoms with Gasteiger partial charge in [-0.05, 0) is 37.1 Å². The lowest BCUT2D eigenvalue weighted by atomic mass is 10.0. The summed E-state index contributed by atoms with van der Waals surface area (Å²) in [5.41, 5.74) is 0.739. The van der Waals surface area contributed by atoms with Crippen LogP contribution in [0.5, 0.6) is 0 Å². The van der Waals surface area contributed by atoms with Crippen molar-refractivity contribution in [1.82, 2.24) is 25.5 Å². The fourth-order valence-corrected chi connectivity index (χ4v) is 3.12. The number of aryl methyl sites for hydroxylation is 1. The number of carbonyl (C=O) groups excluding carboxylic acids is 1. The molecule has 1 amide bonds. The van der Waals surface area contributed by atoms with E-state index in [0.29, 0.717) is 36.2 Å². The average Bonchev–Trinajstić information content (AvgIpc) is 3.39. The van der Waals surface area contributed by atoms with Crippen molar-refractivity contribution in [2.24, 2.45) is 0 Å². The van der Waals surface area contributed by atoms with E-state index in [0.717, 1.165) is 12.0 Å². The first-order chi connectivity index (χ1) is 13.6. The van der Waals surface area contributed by atoms with Gasteiger partial charge in [0.15, 0.2) is 5.82 Å². The second kappa shape index (κ2) is 7.73. The molecule has 0 saturated carbocycles. The Hall–Kier alpha value is -3.33. The zero-order valence-corrected chi connectivity index (χ0v) is 15.3. The quantitative estimate of drug-likeness (QED) is 0.687. The van der Waals surface area contributed by atoms with Crippen LogP contribution in [-0.4, -0.2) is 39.3 Å². The van der Waals surface area contributed by atoms with Gasteiger partial charge < -0.3 is 14.5 Å². The number of aromatic amines is 1. The maximum atomic E-state index is 12.5. The van der Waals surface area contributed by atoms with Crippen LogP contribution in [-0.2, 0) is 11.3 Å². The highest BCUT2D eigenvalue weighted by atomic mass is 16.5. The lowest BCUT2D eigenvalue weighted by Gasteiger charge is -2.10. The molecule has 0 bridgehead atoms. The van der Waals surface area contributed by atoms with Crippen molar-refractivity contribution in [3.8, 4) is 11.4 Å². The Morgan fingerprint density at radius 3 is 2.89 bits per heavy atom. The molecule has 3 aromatic heterocycles. The maximum absolute atomic E-state index is 12.5. The van der Waals surface area contributed by atoms with Crippen molar-refractivity contribution in [3.05, 3.63) is 63.7 Å². The summed E-state index contributed by atoms with van der Waals surface area (Å²) in [5.74, 6) is 1.09. The summed E-state index contributed by atoms with van der Waals surface area (Å²) >= 11 is 0. The molecule has 0 aromatic carbocycles. The number of H-pyrrole nitrogens is 1. The Morgan fingerprint density at radius 2 is 2.18 bits per heavy atom. The van der Waals surface area contributed by atoms with Crippen molar-refractivity contribution in [2.45, 2.75) is 25.8 Å². The fourth-order valence-electron chi connectivity index (χ4n) is 3.12. The predicted octanol–water partition coefficient (Wildman–Crippen LogP) is 1.56. The highest BCUT2D eigenvalue weighted by Gasteiger charge is 2.24. The van der Waals surface area contributed by atoms with Crippen molar-refractivity contribution >= 4 is 5.91 Å².